The average molecular weight is 471 g/mol. The van der Waals surface area contributed by atoms with Crippen LogP contribution in [0.15, 0.2) is 42.5 Å². The molecule has 0 bridgehead atoms. The SMILES string of the molecule is COC(=O)C(C(=O)OC)[C@@H]1Cc2ccccc2C[C@H]1NC(=O)c1cc([N+](=O)[O-])cc([N+](=O)[O-])c1. The van der Waals surface area contributed by atoms with E-state index in [0.29, 0.717) is 0 Å². The molecule has 1 aliphatic rings. The van der Waals surface area contributed by atoms with Gasteiger partial charge in [-0.2, -0.15) is 0 Å². The van der Waals surface area contributed by atoms with E-state index in [1.807, 2.05) is 18.2 Å². The number of methoxy groups -OCH3 is 2. The molecule has 1 amide bonds. The summed E-state index contributed by atoms with van der Waals surface area (Å²) >= 11 is 0. The van der Waals surface area contributed by atoms with E-state index in [9.17, 15) is 34.6 Å². The second-order valence-corrected chi connectivity index (χ2v) is 7.70. The van der Waals surface area contributed by atoms with E-state index in [0.717, 1.165) is 43.5 Å². The van der Waals surface area contributed by atoms with Crippen molar-refractivity contribution in [2.45, 2.75) is 18.9 Å². The average Bonchev–Trinajstić information content (AvgIpc) is 2.83. The lowest BCUT2D eigenvalue weighted by Crippen LogP contribution is -2.51. The molecule has 2 aromatic rings. The number of nitro benzene ring substituents is 2. The van der Waals surface area contributed by atoms with Crippen LogP contribution in [0.25, 0.3) is 0 Å². The van der Waals surface area contributed by atoms with Crippen LogP contribution in [0.4, 0.5) is 11.4 Å². The molecule has 0 spiro atoms. The molecule has 0 saturated carbocycles. The number of rotatable bonds is 7. The summed E-state index contributed by atoms with van der Waals surface area (Å²) in [6.45, 7) is 0. The number of amides is 1. The first-order chi connectivity index (χ1) is 16.2. The maximum atomic E-state index is 13.0. The molecular formula is C22H21N3O9. The number of non-ortho nitro benzene ring substituents is 2. The lowest BCUT2D eigenvalue weighted by atomic mass is 9.73. The Kier molecular flexibility index (Phi) is 7.19. The highest BCUT2D eigenvalue weighted by Crippen LogP contribution is 2.33. The summed E-state index contributed by atoms with van der Waals surface area (Å²) in [6.07, 6.45) is 0.485. The van der Waals surface area contributed by atoms with Crippen molar-refractivity contribution in [1.82, 2.24) is 5.32 Å². The molecule has 12 nitrogen and oxygen atoms in total. The fraction of sp³-hybridized carbons (Fsp3) is 0.318. The van der Waals surface area contributed by atoms with Crippen molar-refractivity contribution < 1.29 is 33.7 Å². The van der Waals surface area contributed by atoms with Crippen molar-refractivity contribution in [1.29, 1.82) is 0 Å². The van der Waals surface area contributed by atoms with E-state index in [1.165, 1.54) is 0 Å². The van der Waals surface area contributed by atoms with Crippen molar-refractivity contribution in [2.24, 2.45) is 11.8 Å². The molecule has 2 atom stereocenters. The molecule has 0 unspecified atom stereocenters. The number of esters is 2. The third kappa shape index (κ3) is 5.00. The predicted molar refractivity (Wildman–Crippen MR) is 116 cm³/mol. The van der Waals surface area contributed by atoms with Crippen LogP contribution in [0.5, 0.6) is 0 Å². The number of hydrogen-bond acceptors (Lipinski definition) is 9. The van der Waals surface area contributed by atoms with Crippen molar-refractivity contribution in [2.75, 3.05) is 14.2 Å². The van der Waals surface area contributed by atoms with Gasteiger partial charge >= 0.3 is 11.9 Å². The number of nitro groups is 2. The van der Waals surface area contributed by atoms with Crippen LogP contribution in [0.2, 0.25) is 0 Å². The van der Waals surface area contributed by atoms with Crippen LogP contribution >= 0.6 is 0 Å². The highest BCUT2D eigenvalue weighted by Gasteiger charge is 2.44. The molecular weight excluding hydrogens is 450 g/mol. The van der Waals surface area contributed by atoms with Gasteiger partial charge in [-0.05, 0) is 24.0 Å². The zero-order valence-electron chi connectivity index (χ0n) is 18.3. The van der Waals surface area contributed by atoms with Crippen LogP contribution in [-0.4, -0.2) is 48.0 Å². The highest BCUT2D eigenvalue weighted by atomic mass is 16.6. The van der Waals surface area contributed by atoms with Crippen LogP contribution < -0.4 is 5.32 Å². The quantitative estimate of drug-likeness (QED) is 0.275. The molecule has 12 heteroatoms. The number of fused-ring (bicyclic) bond motifs is 1. The zero-order valence-corrected chi connectivity index (χ0v) is 18.3. The second kappa shape index (κ2) is 10.1. The molecule has 0 fully saturated rings. The summed E-state index contributed by atoms with van der Waals surface area (Å²) < 4.78 is 9.59. The topological polar surface area (TPSA) is 168 Å². The number of benzene rings is 2. The smallest absolute Gasteiger partial charge is 0.320 e. The molecule has 2 aromatic carbocycles. The summed E-state index contributed by atoms with van der Waals surface area (Å²) in [5, 5.41) is 25.1. The van der Waals surface area contributed by atoms with Gasteiger partial charge in [0, 0.05) is 24.1 Å². The Hall–Kier alpha value is -4.35. The Morgan fingerprint density at radius 1 is 0.912 bits per heavy atom. The molecule has 0 heterocycles. The number of ether oxygens (including phenoxy) is 2. The number of nitrogens with one attached hydrogen (secondary N) is 1. The molecule has 1 aliphatic carbocycles. The fourth-order valence-corrected chi connectivity index (χ4v) is 4.14. The number of carbonyl (C=O) groups is 3. The van der Waals surface area contributed by atoms with Crippen molar-refractivity contribution in [3.05, 3.63) is 79.4 Å². The van der Waals surface area contributed by atoms with E-state index in [1.54, 1.807) is 6.07 Å². The van der Waals surface area contributed by atoms with E-state index in [4.69, 9.17) is 9.47 Å². The van der Waals surface area contributed by atoms with E-state index in [2.05, 4.69) is 5.32 Å². The number of hydrogen-bond donors (Lipinski definition) is 1. The first kappa shape index (κ1) is 24.3. The molecule has 1 N–H and O–H groups in total. The Bertz CT molecular complexity index is 1120. The molecule has 0 aliphatic heterocycles. The minimum atomic E-state index is -1.34. The predicted octanol–water partition coefficient (Wildman–Crippen LogP) is 1.98. The van der Waals surface area contributed by atoms with Crippen LogP contribution in [0.1, 0.15) is 21.5 Å². The van der Waals surface area contributed by atoms with Gasteiger partial charge in [-0.15, -0.1) is 0 Å². The standard InChI is InChI=1S/C22H21N3O9/c1-33-21(27)19(22(28)34-2)17-9-12-5-3-4-6-13(12)10-18(17)23-20(26)14-7-15(24(29)30)11-16(8-14)25(31)32/h3-8,11,17-19H,9-10H2,1-2H3,(H,23,26)/t17-,18-/m1/s1. The zero-order chi connectivity index (χ0) is 25.0. The lowest BCUT2D eigenvalue weighted by Gasteiger charge is -2.36. The molecule has 3 rings (SSSR count). The Labute approximate surface area is 193 Å². The first-order valence-corrected chi connectivity index (χ1v) is 10.1. The minimum Gasteiger partial charge on any atom is -0.468 e. The number of carbonyl (C=O) groups excluding carboxylic acids is 3. The van der Waals surface area contributed by atoms with Gasteiger partial charge in [0.25, 0.3) is 17.3 Å². The Balaban J connectivity index is 2.00. The van der Waals surface area contributed by atoms with E-state index < -0.39 is 56.9 Å². The first-order valence-electron chi connectivity index (χ1n) is 10.1. The lowest BCUT2D eigenvalue weighted by molar-refractivity contribution is -0.394. The summed E-state index contributed by atoms with van der Waals surface area (Å²) in [6, 6.07) is 9.12. The third-order valence-corrected chi connectivity index (χ3v) is 5.77. The molecule has 0 saturated heterocycles. The van der Waals surface area contributed by atoms with Crippen LogP contribution in [-0.2, 0) is 31.9 Å². The minimum absolute atomic E-state index is 0.241. The third-order valence-electron chi connectivity index (χ3n) is 5.77. The molecule has 178 valence electrons. The van der Waals surface area contributed by atoms with E-state index >= 15 is 0 Å². The summed E-state index contributed by atoms with van der Waals surface area (Å²) in [5.41, 5.74) is 0.217. The van der Waals surface area contributed by atoms with E-state index in [-0.39, 0.29) is 18.4 Å². The Morgan fingerprint density at radius 3 is 1.88 bits per heavy atom. The van der Waals surface area contributed by atoms with Crippen molar-refractivity contribution in [3.63, 3.8) is 0 Å². The van der Waals surface area contributed by atoms with Gasteiger partial charge in [-0.25, -0.2) is 0 Å². The van der Waals surface area contributed by atoms with Gasteiger partial charge < -0.3 is 14.8 Å². The van der Waals surface area contributed by atoms with Crippen molar-refractivity contribution >= 4 is 29.2 Å². The van der Waals surface area contributed by atoms with Crippen LogP contribution in [0.3, 0.4) is 0 Å². The van der Waals surface area contributed by atoms with Gasteiger partial charge in [0.1, 0.15) is 0 Å². The van der Waals surface area contributed by atoms with Gasteiger partial charge in [-0.1, -0.05) is 24.3 Å². The Morgan fingerprint density at radius 2 is 1.41 bits per heavy atom. The maximum absolute atomic E-state index is 13.0. The summed E-state index contributed by atoms with van der Waals surface area (Å²) in [7, 11) is 2.26. The molecule has 34 heavy (non-hydrogen) atoms. The van der Waals surface area contributed by atoms with Gasteiger partial charge in [0.05, 0.1) is 35.7 Å². The highest BCUT2D eigenvalue weighted by molar-refractivity contribution is 5.97. The fourth-order valence-electron chi connectivity index (χ4n) is 4.14. The van der Waals surface area contributed by atoms with Gasteiger partial charge in [-0.3, -0.25) is 34.6 Å². The summed E-state index contributed by atoms with van der Waals surface area (Å²) in [5.74, 6) is -4.59. The van der Waals surface area contributed by atoms with Gasteiger partial charge in [0.2, 0.25) is 0 Å². The van der Waals surface area contributed by atoms with Gasteiger partial charge in [0.15, 0.2) is 5.92 Å². The maximum Gasteiger partial charge on any atom is 0.320 e. The largest absolute Gasteiger partial charge is 0.468 e. The molecule has 0 aromatic heterocycles. The monoisotopic (exact) mass is 471 g/mol. The normalized spacial score (nSPS) is 16.8. The van der Waals surface area contributed by atoms with Crippen molar-refractivity contribution in [3.8, 4) is 0 Å². The molecule has 0 radical (unpaired) electrons. The van der Waals surface area contributed by atoms with Crippen LogP contribution in [0, 0.1) is 32.1 Å². The summed E-state index contributed by atoms with van der Waals surface area (Å²) in [4.78, 5) is 58.7. The number of nitrogens with zero attached hydrogens (tertiary/aromatic N) is 2. The second-order valence-electron chi connectivity index (χ2n) is 7.70.